The largest absolute Gasteiger partial charge is 0.481 e. The standard InChI is InChI=1S/C14H12BrN3O5/c15-13-2-1-8(23-13)3-4-16-9-5-10-12(6-11(9)18(20)21)22-7-14(19)17-10/h1-2,5-6,16H,3-4,7H2,(H,17,19). The maximum Gasteiger partial charge on any atom is 0.296 e. The minimum Gasteiger partial charge on any atom is -0.481 e. The number of fused-ring (bicyclic) bond motifs is 1. The smallest absolute Gasteiger partial charge is 0.296 e. The quantitative estimate of drug-likeness (QED) is 0.608. The number of halogens is 1. The van der Waals surface area contributed by atoms with Gasteiger partial charge in [0.25, 0.3) is 11.6 Å². The Hall–Kier alpha value is -2.55. The fourth-order valence-corrected chi connectivity index (χ4v) is 2.55. The first-order chi connectivity index (χ1) is 11.0. The second kappa shape index (κ2) is 6.29. The number of benzene rings is 1. The number of nitrogens with one attached hydrogen (secondary N) is 2. The van der Waals surface area contributed by atoms with Gasteiger partial charge in [0, 0.05) is 13.0 Å². The maximum atomic E-state index is 11.4. The van der Waals surface area contributed by atoms with Gasteiger partial charge in [-0.3, -0.25) is 14.9 Å². The van der Waals surface area contributed by atoms with E-state index in [1.807, 2.05) is 6.07 Å². The first-order valence-corrected chi connectivity index (χ1v) is 7.55. The van der Waals surface area contributed by atoms with Gasteiger partial charge in [-0.15, -0.1) is 0 Å². The molecule has 0 saturated carbocycles. The lowest BCUT2D eigenvalue weighted by Crippen LogP contribution is -2.25. The summed E-state index contributed by atoms with van der Waals surface area (Å²) in [6.45, 7) is 0.290. The Morgan fingerprint density at radius 1 is 1.39 bits per heavy atom. The van der Waals surface area contributed by atoms with E-state index in [0.29, 0.717) is 29.0 Å². The second-order valence-electron chi connectivity index (χ2n) is 4.84. The Morgan fingerprint density at radius 3 is 2.91 bits per heavy atom. The molecule has 1 aliphatic rings. The van der Waals surface area contributed by atoms with Crippen LogP contribution in [-0.4, -0.2) is 24.0 Å². The molecule has 0 atom stereocenters. The van der Waals surface area contributed by atoms with E-state index in [4.69, 9.17) is 9.15 Å². The van der Waals surface area contributed by atoms with Crippen molar-refractivity contribution in [3.05, 3.63) is 44.8 Å². The third kappa shape index (κ3) is 3.45. The van der Waals surface area contributed by atoms with E-state index < -0.39 is 4.92 Å². The number of rotatable bonds is 5. The van der Waals surface area contributed by atoms with Crippen LogP contribution in [0, 0.1) is 10.1 Å². The summed E-state index contributed by atoms with van der Waals surface area (Å²) in [6, 6.07) is 6.41. The van der Waals surface area contributed by atoms with Gasteiger partial charge in [-0.05, 0) is 34.1 Å². The van der Waals surface area contributed by atoms with Gasteiger partial charge in [0.2, 0.25) is 0 Å². The number of anilines is 2. The van der Waals surface area contributed by atoms with Gasteiger partial charge < -0.3 is 19.8 Å². The van der Waals surface area contributed by atoms with Crippen LogP contribution in [0.15, 0.2) is 33.4 Å². The SMILES string of the molecule is O=C1COc2cc([N+](=O)[O-])c(NCCc3ccc(Br)o3)cc2N1. The average molecular weight is 382 g/mol. The summed E-state index contributed by atoms with van der Waals surface area (Å²) < 4.78 is 11.2. The van der Waals surface area contributed by atoms with E-state index in [9.17, 15) is 14.9 Å². The molecule has 1 aliphatic heterocycles. The van der Waals surface area contributed by atoms with Crippen molar-refractivity contribution in [3.8, 4) is 5.75 Å². The topological polar surface area (TPSA) is 107 Å². The van der Waals surface area contributed by atoms with Crippen molar-refractivity contribution in [2.75, 3.05) is 23.8 Å². The van der Waals surface area contributed by atoms with Gasteiger partial charge >= 0.3 is 0 Å². The van der Waals surface area contributed by atoms with Gasteiger partial charge in [0.1, 0.15) is 11.4 Å². The van der Waals surface area contributed by atoms with Crippen molar-refractivity contribution in [2.45, 2.75) is 6.42 Å². The number of nitro benzene ring substituents is 1. The van der Waals surface area contributed by atoms with Crippen LogP contribution in [0.25, 0.3) is 0 Å². The van der Waals surface area contributed by atoms with Crippen LogP contribution >= 0.6 is 15.9 Å². The van der Waals surface area contributed by atoms with E-state index in [1.54, 1.807) is 6.07 Å². The number of hydrogen-bond acceptors (Lipinski definition) is 6. The molecule has 0 saturated heterocycles. The highest BCUT2D eigenvalue weighted by atomic mass is 79.9. The predicted octanol–water partition coefficient (Wildman–Crippen LogP) is 2.94. The minimum atomic E-state index is -0.494. The number of carbonyl (C=O) groups is 1. The molecule has 0 fully saturated rings. The highest BCUT2D eigenvalue weighted by molar-refractivity contribution is 9.10. The molecule has 1 aromatic carbocycles. The summed E-state index contributed by atoms with van der Waals surface area (Å²) in [4.78, 5) is 22.1. The maximum absolute atomic E-state index is 11.4. The lowest BCUT2D eigenvalue weighted by Gasteiger charge is -2.19. The average Bonchev–Trinajstić information content (AvgIpc) is 2.91. The van der Waals surface area contributed by atoms with Crippen LogP contribution in [-0.2, 0) is 11.2 Å². The Morgan fingerprint density at radius 2 is 2.22 bits per heavy atom. The lowest BCUT2D eigenvalue weighted by molar-refractivity contribution is -0.384. The summed E-state index contributed by atoms with van der Waals surface area (Å²) >= 11 is 3.22. The first-order valence-electron chi connectivity index (χ1n) is 6.76. The molecule has 2 heterocycles. The van der Waals surface area contributed by atoms with E-state index >= 15 is 0 Å². The number of amides is 1. The molecule has 23 heavy (non-hydrogen) atoms. The summed E-state index contributed by atoms with van der Waals surface area (Å²) in [7, 11) is 0. The molecule has 1 amide bonds. The van der Waals surface area contributed by atoms with Crippen molar-refractivity contribution in [3.63, 3.8) is 0 Å². The first kappa shape index (κ1) is 15.3. The van der Waals surface area contributed by atoms with Crippen molar-refractivity contribution in [2.24, 2.45) is 0 Å². The normalized spacial score (nSPS) is 13.0. The van der Waals surface area contributed by atoms with E-state index in [1.165, 1.54) is 12.1 Å². The summed E-state index contributed by atoms with van der Waals surface area (Å²) in [5.74, 6) is 0.746. The molecule has 2 N–H and O–H groups in total. The minimum absolute atomic E-state index is 0.111. The lowest BCUT2D eigenvalue weighted by atomic mass is 10.2. The van der Waals surface area contributed by atoms with E-state index in [-0.39, 0.29) is 24.0 Å². The molecule has 0 aliphatic carbocycles. The van der Waals surface area contributed by atoms with Crippen LogP contribution in [0.3, 0.4) is 0 Å². The Balaban J connectivity index is 1.78. The molecule has 0 radical (unpaired) electrons. The van der Waals surface area contributed by atoms with Gasteiger partial charge in [-0.1, -0.05) is 0 Å². The van der Waals surface area contributed by atoms with Crippen LogP contribution in [0.2, 0.25) is 0 Å². The molecule has 1 aromatic heterocycles. The van der Waals surface area contributed by atoms with Crippen molar-refractivity contribution in [1.82, 2.24) is 0 Å². The monoisotopic (exact) mass is 381 g/mol. The number of hydrogen-bond donors (Lipinski definition) is 2. The summed E-state index contributed by atoms with van der Waals surface area (Å²) in [6.07, 6.45) is 0.558. The zero-order chi connectivity index (χ0) is 16.4. The molecular formula is C14H12BrN3O5. The fraction of sp³-hybridized carbons (Fsp3) is 0.214. The van der Waals surface area contributed by atoms with Crippen molar-refractivity contribution >= 4 is 38.9 Å². The van der Waals surface area contributed by atoms with Crippen LogP contribution < -0.4 is 15.4 Å². The number of carbonyl (C=O) groups excluding carboxylic acids is 1. The van der Waals surface area contributed by atoms with Gasteiger partial charge in [-0.25, -0.2) is 0 Å². The van der Waals surface area contributed by atoms with Crippen LogP contribution in [0.4, 0.5) is 17.1 Å². The van der Waals surface area contributed by atoms with Crippen LogP contribution in [0.5, 0.6) is 5.75 Å². The number of ether oxygens (including phenoxy) is 1. The molecule has 120 valence electrons. The highest BCUT2D eigenvalue weighted by Crippen LogP contribution is 2.37. The predicted molar refractivity (Wildman–Crippen MR) is 85.8 cm³/mol. The Kier molecular flexibility index (Phi) is 4.20. The van der Waals surface area contributed by atoms with Crippen LogP contribution in [0.1, 0.15) is 5.76 Å². The van der Waals surface area contributed by atoms with E-state index in [2.05, 4.69) is 26.6 Å². The number of nitro groups is 1. The Bertz CT molecular complexity index is 774. The van der Waals surface area contributed by atoms with E-state index in [0.717, 1.165) is 5.76 Å². The van der Waals surface area contributed by atoms with Gasteiger partial charge in [0.05, 0.1) is 16.7 Å². The molecule has 3 rings (SSSR count). The van der Waals surface area contributed by atoms with Crippen molar-refractivity contribution < 1.29 is 18.9 Å². The number of nitrogens with zero attached hydrogens (tertiary/aromatic N) is 1. The molecule has 0 bridgehead atoms. The number of furan rings is 1. The molecule has 2 aromatic rings. The summed E-state index contributed by atoms with van der Waals surface area (Å²) in [5.41, 5.74) is 0.612. The Labute approximate surface area is 139 Å². The molecule has 0 spiro atoms. The second-order valence-corrected chi connectivity index (χ2v) is 5.62. The molecule has 9 heteroatoms. The third-order valence-electron chi connectivity index (χ3n) is 3.24. The fourth-order valence-electron chi connectivity index (χ4n) is 2.21. The summed E-state index contributed by atoms with van der Waals surface area (Å²) in [5, 5.41) is 16.8. The van der Waals surface area contributed by atoms with Gasteiger partial charge in [0.15, 0.2) is 17.0 Å². The zero-order valence-corrected chi connectivity index (χ0v) is 13.4. The van der Waals surface area contributed by atoms with Crippen molar-refractivity contribution in [1.29, 1.82) is 0 Å². The molecule has 0 unspecified atom stereocenters. The van der Waals surface area contributed by atoms with Gasteiger partial charge in [-0.2, -0.15) is 0 Å². The zero-order valence-electron chi connectivity index (χ0n) is 11.8. The highest BCUT2D eigenvalue weighted by Gasteiger charge is 2.23. The third-order valence-corrected chi connectivity index (χ3v) is 3.67. The molecular weight excluding hydrogens is 370 g/mol. The molecule has 8 nitrogen and oxygen atoms in total.